The van der Waals surface area contributed by atoms with E-state index in [0.29, 0.717) is 15.3 Å². The smallest absolute Gasteiger partial charge is 0.293 e. The number of nitrogens with zero attached hydrogens (tertiary/aromatic N) is 1. The van der Waals surface area contributed by atoms with Crippen LogP contribution in [0, 0.1) is 0 Å². The molecule has 0 saturated carbocycles. The van der Waals surface area contributed by atoms with Gasteiger partial charge in [-0.05, 0) is 41.9 Å². The Balaban J connectivity index is 1.90. The molecule has 0 fully saturated rings. The Morgan fingerprint density at radius 3 is 2.73 bits per heavy atom. The molecule has 0 bridgehead atoms. The molecule has 3 aromatic rings. The summed E-state index contributed by atoms with van der Waals surface area (Å²) in [6.07, 6.45) is 1.14. The Morgan fingerprint density at radius 2 is 2.09 bits per heavy atom. The van der Waals surface area contributed by atoms with E-state index in [0.717, 1.165) is 6.26 Å². The normalized spacial score (nSPS) is 11.7. The van der Waals surface area contributed by atoms with Crippen molar-refractivity contribution in [2.24, 2.45) is 0 Å². The molecule has 0 spiro atoms. The highest BCUT2D eigenvalue weighted by molar-refractivity contribution is 7.90. The molecule has 0 atom stereocenters. The van der Waals surface area contributed by atoms with Crippen molar-refractivity contribution in [1.29, 1.82) is 0 Å². The summed E-state index contributed by atoms with van der Waals surface area (Å²) in [6, 6.07) is 7.53. The van der Waals surface area contributed by atoms with Crippen LogP contribution in [0.5, 0.6) is 0 Å². The lowest BCUT2D eigenvalue weighted by molar-refractivity contribution is 0.0997. The van der Waals surface area contributed by atoms with Gasteiger partial charge in [0.1, 0.15) is 0 Å². The Hall–Kier alpha value is -1.90. The lowest BCUT2D eigenvalue weighted by Gasteiger charge is -1.96. The molecule has 1 N–H and O–H groups in total. The fourth-order valence-corrected chi connectivity index (χ4v) is 3.55. The third-order valence-corrected chi connectivity index (χ3v) is 5.05. The van der Waals surface area contributed by atoms with Crippen molar-refractivity contribution in [3.8, 4) is 0 Å². The minimum absolute atomic E-state index is 0.0704. The van der Waals surface area contributed by atoms with Crippen molar-refractivity contribution in [2.45, 2.75) is 4.90 Å². The van der Waals surface area contributed by atoms with E-state index in [4.69, 9.17) is 16.0 Å². The van der Waals surface area contributed by atoms with Gasteiger partial charge in [0.05, 0.1) is 15.1 Å². The Labute approximate surface area is 134 Å². The molecule has 9 heteroatoms. The number of anilines is 1. The van der Waals surface area contributed by atoms with Crippen LogP contribution in [0.2, 0.25) is 5.22 Å². The van der Waals surface area contributed by atoms with Crippen LogP contribution in [0.4, 0.5) is 5.13 Å². The summed E-state index contributed by atoms with van der Waals surface area (Å²) in [5.41, 5.74) is 0.602. The van der Waals surface area contributed by atoms with Crippen LogP contribution in [0.3, 0.4) is 0 Å². The molecule has 114 valence electrons. The molecule has 0 radical (unpaired) electrons. The zero-order valence-corrected chi connectivity index (χ0v) is 13.6. The quantitative estimate of drug-likeness (QED) is 0.778. The van der Waals surface area contributed by atoms with Crippen LogP contribution >= 0.6 is 22.9 Å². The van der Waals surface area contributed by atoms with Crippen molar-refractivity contribution in [3.63, 3.8) is 0 Å². The predicted molar refractivity (Wildman–Crippen MR) is 84.4 cm³/mol. The Kier molecular flexibility index (Phi) is 3.67. The minimum Gasteiger partial charge on any atom is -0.440 e. The molecular formula is C13H9ClN2O4S2. The summed E-state index contributed by atoms with van der Waals surface area (Å²) >= 11 is 6.79. The predicted octanol–water partition coefficient (Wildman–Crippen LogP) is 3.20. The lowest BCUT2D eigenvalue weighted by atomic mass is 10.3. The van der Waals surface area contributed by atoms with E-state index in [1.54, 1.807) is 6.07 Å². The average molecular weight is 357 g/mol. The first-order chi connectivity index (χ1) is 10.3. The molecule has 6 nitrogen and oxygen atoms in total. The highest BCUT2D eigenvalue weighted by atomic mass is 35.5. The number of hydrogen-bond acceptors (Lipinski definition) is 6. The number of fused-ring (bicyclic) bond motifs is 1. The second-order valence-electron chi connectivity index (χ2n) is 4.48. The van der Waals surface area contributed by atoms with E-state index < -0.39 is 15.7 Å². The third-order valence-electron chi connectivity index (χ3n) is 2.81. The standard InChI is InChI=1S/C13H9ClN2O4S2/c1-22(18,19)7-2-3-8-10(6-7)21-13(15-8)16-12(17)9-4-5-11(14)20-9/h2-6H,1H3,(H,15,16,17). The van der Waals surface area contributed by atoms with Gasteiger partial charge in [0.25, 0.3) is 5.91 Å². The summed E-state index contributed by atoms with van der Waals surface area (Å²) in [4.78, 5) is 16.4. The summed E-state index contributed by atoms with van der Waals surface area (Å²) < 4.78 is 28.7. The fraction of sp³-hybridized carbons (Fsp3) is 0.0769. The van der Waals surface area contributed by atoms with E-state index >= 15 is 0 Å². The van der Waals surface area contributed by atoms with E-state index in [2.05, 4.69) is 10.3 Å². The molecule has 1 aromatic carbocycles. The fourth-order valence-electron chi connectivity index (χ4n) is 1.78. The number of furan rings is 1. The van der Waals surface area contributed by atoms with Gasteiger partial charge in [-0.1, -0.05) is 11.3 Å². The van der Waals surface area contributed by atoms with Gasteiger partial charge in [-0.25, -0.2) is 13.4 Å². The van der Waals surface area contributed by atoms with Gasteiger partial charge < -0.3 is 4.42 Å². The van der Waals surface area contributed by atoms with Gasteiger partial charge in [0.15, 0.2) is 25.9 Å². The molecule has 2 aromatic heterocycles. The molecule has 0 aliphatic rings. The van der Waals surface area contributed by atoms with Gasteiger partial charge in [-0.3, -0.25) is 10.1 Å². The van der Waals surface area contributed by atoms with Crippen LogP contribution in [0.1, 0.15) is 10.6 Å². The number of nitrogens with one attached hydrogen (secondary N) is 1. The molecule has 0 aliphatic heterocycles. The Bertz CT molecular complexity index is 975. The minimum atomic E-state index is -3.29. The van der Waals surface area contributed by atoms with Gasteiger partial charge in [0, 0.05) is 6.26 Å². The number of carbonyl (C=O) groups is 1. The molecule has 2 heterocycles. The molecule has 22 heavy (non-hydrogen) atoms. The Morgan fingerprint density at radius 1 is 1.32 bits per heavy atom. The van der Waals surface area contributed by atoms with Gasteiger partial charge in [0.2, 0.25) is 0 Å². The molecule has 0 saturated heterocycles. The summed E-state index contributed by atoms with van der Waals surface area (Å²) in [7, 11) is -3.29. The number of halogens is 1. The number of amides is 1. The number of aromatic nitrogens is 1. The first-order valence-corrected chi connectivity index (χ1v) is 9.09. The molecule has 3 rings (SSSR count). The number of carbonyl (C=O) groups excluding carboxylic acids is 1. The van der Waals surface area contributed by atoms with Gasteiger partial charge in [-0.15, -0.1) is 0 Å². The highest BCUT2D eigenvalue weighted by Gasteiger charge is 2.15. The SMILES string of the molecule is CS(=O)(=O)c1ccc2nc(NC(=O)c3ccc(Cl)o3)sc2c1. The van der Waals surface area contributed by atoms with Crippen LogP contribution in [-0.4, -0.2) is 25.6 Å². The van der Waals surface area contributed by atoms with Crippen LogP contribution < -0.4 is 5.32 Å². The maximum atomic E-state index is 11.9. The number of rotatable bonds is 3. The molecule has 1 amide bonds. The number of hydrogen-bond donors (Lipinski definition) is 1. The number of benzene rings is 1. The number of thiazole rings is 1. The largest absolute Gasteiger partial charge is 0.440 e. The molecular weight excluding hydrogens is 348 g/mol. The van der Waals surface area contributed by atoms with E-state index in [1.165, 1.54) is 35.6 Å². The van der Waals surface area contributed by atoms with Crippen molar-refractivity contribution in [2.75, 3.05) is 11.6 Å². The van der Waals surface area contributed by atoms with E-state index in [9.17, 15) is 13.2 Å². The van der Waals surface area contributed by atoms with Gasteiger partial charge in [-0.2, -0.15) is 0 Å². The monoisotopic (exact) mass is 356 g/mol. The molecule has 0 aliphatic carbocycles. The second kappa shape index (κ2) is 5.38. The van der Waals surface area contributed by atoms with E-state index in [1.807, 2.05) is 0 Å². The van der Waals surface area contributed by atoms with Crippen LogP contribution in [-0.2, 0) is 9.84 Å². The zero-order valence-electron chi connectivity index (χ0n) is 11.2. The number of sulfone groups is 1. The maximum Gasteiger partial charge on any atom is 0.293 e. The van der Waals surface area contributed by atoms with Crippen molar-refractivity contribution in [1.82, 2.24) is 4.98 Å². The highest BCUT2D eigenvalue weighted by Crippen LogP contribution is 2.28. The first-order valence-electron chi connectivity index (χ1n) is 6.00. The lowest BCUT2D eigenvalue weighted by Crippen LogP contribution is -2.10. The second-order valence-corrected chi connectivity index (χ2v) is 7.90. The third kappa shape index (κ3) is 2.99. The first kappa shape index (κ1) is 15.0. The average Bonchev–Trinajstić information content (AvgIpc) is 3.02. The summed E-state index contributed by atoms with van der Waals surface area (Å²) in [6.45, 7) is 0. The maximum absolute atomic E-state index is 11.9. The summed E-state index contributed by atoms with van der Waals surface area (Å²) in [5, 5.41) is 3.05. The zero-order chi connectivity index (χ0) is 15.9. The van der Waals surface area contributed by atoms with Crippen LogP contribution in [0.15, 0.2) is 39.6 Å². The topological polar surface area (TPSA) is 89.3 Å². The van der Waals surface area contributed by atoms with Crippen molar-refractivity contribution in [3.05, 3.63) is 41.3 Å². The van der Waals surface area contributed by atoms with E-state index in [-0.39, 0.29) is 15.9 Å². The van der Waals surface area contributed by atoms with Gasteiger partial charge >= 0.3 is 0 Å². The van der Waals surface area contributed by atoms with Crippen LogP contribution in [0.25, 0.3) is 10.2 Å². The molecule has 0 unspecified atom stereocenters. The van der Waals surface area contributed by atoms with Crippen molar-refractivity contribution < 1.29 is 17.6 Å². The summed E-state index contributed by atoms with van der Waals surface area (Å²) in [5.74, 6) is -0.407. The van der Waals surface area contributed by atoms with Crippen molar-refractivity contribution >= 4 is 54.0 Å².